The molecule has 1 aromatic heterocycles. The summed E-state index contributed by atoms with van der Waals surface area (Å²) < 4.78 is 53.8. The van der Waals surface area contributed by atoms with Crippen molar-refractivity contribution in [1.82, 2.24) is 14.9 Å². The van der Waals surface area contributed by atoms with Crippen LogP contribution in [0.2, 0.25) is 0 Å². The molecule has 1 amide bonds. The van der Waals surface area contributed by atoms with Crippen molar-refractivity contribution in [2.45, 2.75) is 31.0 Å². The van der Waals surface area contributed by atoms with E-state index in [1.165, 1.54) is 12.3 Å². The fraction of sp³-hybridized carbons (Fsp3) is 0.500. The van der Waals surface area contributed by atoms with E-state index in [4.69, 9.17) is 14.2 Å². The van der Waals surface area contributed by atoms with E-state index in [9.17, 15) is 32.7 Å². The molecular formula is C18H22F3N3O7. The van der Waals surface area contributed by atoms with Crippen molar-refractivity contribution < 1.29 is 37.3 Å². The van der Waals surface area contributed by atoms with Crippen molar-refractivity contribution in [2.75, 3.05) is 26.6 Å². The molecule has 0 aliphatic carbocycles. The molecule has 1 aliphatic rings. The van der Waals surface area contributed by atoms with E-state index in [1.54, 1.807) is 5.32 Å². The van der Waals surface area contributed by atoms with Gasteiger partial charge in [0.2, 0.25) is 0 Å². The van der Waals surface area contributed by atoms with Crippen LogP contribution in [0.1, 0.15) is 18.2 Å². The summed E-state index contributed by atoms with van der Waals surface area (Å²) in [6, 6.07) is 0. The van der Waals surface area contributed by atoms with E-state index < -0.39 is 48.3 Å². The molecule has 3 N–H and O–H groups in total. The summed E-state index contributed by atoms with van der Waals surface area (Å²) >= 11 is 0. The lowest BCUT2D eigenvalue weighted by Gasteiger charge is -2.16. The quantitative estimate of drug-likeness (QED) is 0.261. The Kier molecular flexibility index (Phi) is 8.74. The summed E-state index contributed by atoms with van der Waals surface area (Å²) in [5.74, 6) is -2.12. The van der Waals surface area contributed by atoms with Crippen LogP contribution in [-0.2, 0) is 19.0 Å². The molecule has 3 atom stereocenters. The van der Waals surface area contributed by atoms with E-state index >= 15 is 0 Å². The smallest absolute Gasteiger partial charge is 0.394 e. The van der Waals surface area contributed by atoms with Crippen molar-refractivity contribution in [2.24, 2.45) is 0 Å². The lowest BCUT2D eigenvalue weighted by atomic mass is 10.2. The summed E-state index contributed by atoms with van der Waals surface area (Å²) in [5, 5.41) is 11.1. The first-order valence-corrected chi connectivity index (χ1v) is 9.11. The molecular weight excluding hydrogens is 427 g/mol. The Morgan fingerprint density at radius 2 is 2.19 bits per heavy atom. The lowest BCUT2D eigenvalue weighted by Crippen LogP contribution is -2.36. The number of nitrogens with one attached hydrogen (secondary N) is 2. The summed E-state index contributed by atoms with van der Waals surface area (Å²) in [6.07, 6.45) is -2.08. The fourth-order valence-electron chi connectivity index (χ4n) is 2.75. The van der Waals surface area contributed by atoms with Gasteiger partial charge in [0.25, 0.3) is 5.56 Å². The third-order valence-corrected chi connectivity index (χ3v) is 4.20. The maximum Gasteiger partial charge on any atom is 0.471 e. The Bertz CT molecular complexity index is 910. The van der Waals surface area contributed by atoms with Crippen LogP contribution in [0.15, 0.2) is 34.5 Å². The number of halogens is 3. The average Bonchev–Trinajstić information content (AvgIpc) is 3.11. The van der Waals surface area contributed by atoms with Crippen LogP contribution < -0.4 is 16.6 Å². The first-order valence-electron chi connectivity index (χ1n) is 9.11. The molecule has 1 saturated heterocycles. The second-order valence-electron chi connectivity index (χ2n) is 6.39. The average molecular weight is 449 g/mol. The number of carbonyl (C=O) groups is 1. The number of aromatic amines is 1. The summed E-state index contributed by atoms with van der Waals surface area (Å²) in [4.78, 5) is 37.0. The Labute approximate surface area is 173 Å². The number of carbonyl (C=O) groups excluding carboxylic acids is 1. The Morgan fingerprint density at radius 3 is 2.84 bits per heavy atom. The molecule has 1 unspecified atom stereocenters. The molecule has 172 valence electrons. The van der Waals surface area contributed by atoms with Crippen molar-refractivity contribution in [1.29, 1.82) is 0 Å². The predicted molar refractivity (Wildman–Crippen MR) is 101 cm³/mol. The Morgan fingerprint density at radius 1 is 1.45 bits per heavy atom. The highest BCUT2D eigenvalue weighted by molar-refractivity contribution is 5.81. The number of aliphatic hydroxyl groups is 1. The number of nitrogens with zero attached hydrogens (tertiary/aromatic N) is 1. The van der Waals surface area contributed by atoms with Crippen molar-refractivity contribution in [3.8, 4) is 0 Å². The molecule has 2 heterocycles. The topological polar surface area (TPSA) is 132 Å². The van der Waals surface area contributed by atoms with Gasteiger partial charge >= 0.3 is 17.8 Å². The van der Waals surface area contributed by atoms with Crippen LogP contribution in [0.3, 0.4) is 0 Å². The molecule has 0 bridgehead atoms. The first-order chi connectivity index (χ1) is 14.7. The Balaban J connectivity index is 2.09. The number of rotatable bonds is 10. The molecule has 10 nitrogen and oxygen atoms in total. The van der Waals surface area contributed by atoms with Crippen LogP contribution in [0.25, 0.3) is 6.08 Å². The van der Waals surface area contributed by atoms with Crippen molar-refractivity contribution in [3.63, 3.8) is 0 Å². The Hall–Kier alpha value is -2.74. The van der Waals surface area contributed by atoms with Gasteiger partial charge in [-0.25, -0.2) is 4.79 Å². The van der Waals surface area contributed by atoms with E-state index in [2.05, 4.69) is 11.6 Å². The molecule has 0 aromatic carbocycles. The van der Waals surface area contributed by atoms with Gasteiger partial charge in [-0.1, -0.05) is 18.2 Å². The molecule has 0 radical (unpaired) electrons. The zero-order valence-corrected chi connectivity index (χ0v) is 16.3. The highest BCUT2D eigenvalue weighted by Crippen LogP contribution is 2.29. The van der Waals surface area contributed by atoms with Crippen LogP contribution in [0.5, 0.6) is 0 Å². The van der Waals surface area contributed by atoms with Gasteiger partial charge in [-0.2, -0.15) is 13.2 Å². The van der Waals surface area contributed by atoms with Crippen LogP contribution in [0.4, 0.5) is 13.2 Å². The van der Waals surface area contributed by atoms with Gasteiger partial charge < -0.3 is 24.6 Å². The minimum atomic E-state index is -5.02. The molecule has 31 heavy (non-hydrogen) atoms. The third kappa shape index (κ3) is 6.89. The van der Waals surface area contributed by atoms with E-state index in [1.807, 2.05) is 0 Å². The number of H-pyrrole nitrogens is 1. The monoisotopic (exact) mass is 449 g/mol. The molecule has 0 spiro atoms. The van der Waals surface area contributed by atoms with Crippen LogP contribution in [-0.4, -0.2) is 65.5 Å². The maximum absolute atomic E-state index is 12.2. The second kappa shape index (κ2) is 11.0. The standard InChI is InChI=1S/C18H22F3N3O7/c1-2-6-29-10-30-12-7-14(31-13(12)9-25)24-8-11(15(26)23-17(24)28)4-3-5-22-16(27)18(19,20)21/h2-4,8,12-14,25H,1,5-7,9-10H2,(H,22,27)(H,23,26,28)/b4-3+/t12?,13-,14-/m1/s1. The van der Waals surface area contributed by atoms with E-state index in [-0.39, 0.29) is 32.0 Å². The highest BCUT2D eigenvalue weighted by Gasteiger charge is 2.38. The van der Waals surface area contributed by atoms with Gasteiger partial charge in [-0.15, -0.1) is 6.58 Å². The maximum atomic E-state index is 12.2. The van der Waals surface area contributed by atoms with Crippen molar-refractivity contribution in [3.05, 3.63) is 51.3 Å². The largest absolute Gasteiger partial charge is 0.471 e. The molecule has 2 rings (SSSR count). The molecule has 1 fully saturated rings. The number of ether oxygens (including phenoxy) is 3. The minimum absolute atomic E-state index is 0.0521. The van der Waals surface area contributed by atoms with Gasteiger partial charge in [0.15, 0.2) is 0 Å². The van der Waals surface area contributed by atoms with Gasteiger partial charge in [0, 0.05) is 19.2 Å². The van der Waals surface area contributed by atoms with Gasteiger partial charge in [-0.05, 0) is 0 Å². The van der Waals surface area contributed by atoms with Gasteiger partial charge in [0.05, 0.1) is 24.9 Å². The van der Waals surface area contributed by atoms with Crippen LogP contribution in [0, 0.1) is 0 Å². The number of aliphatic hydroxyl groups excluding tert-OH is 1. The van der Waals surface area contributed by atoms with Gasteiger partial charge in [0.1, 0.15) is 19.1 Å². The van der Waals surface area contributed by atoms with Gasteiger partial charge in [-0.3, -0.25) is 19.1 Å². The normalized spacial score (nSPS) is 21.5. The SMILES string of the molecule is C=CCOCOC1C[C@H](n2cc(/C=C/CNC(=O)C(F)(F)F)c(=O)[nH]c2=O)O[C@@H]1CO. The number of hydrogen-bond acceptors (Lipinski definition) is 7. The van der Waals surface area contributed by atoms with Crippen molar-refractivity contribution >= 4 is 12.0 Å². The predicted octanol–water partition coefficient (Wildman–Crippen LogP) is 0.0534. The van der Waals surface area contributed by atoms with E-state index in [0.29, 0.717) is 0 Å². The number of amides is 1. The van der Waals surface area contributed by atoms with Crippen LogP contribution >= 0.6 is 0 Å². The zero-order valence-electron chi connectivity index (χ0n) is 16.3. The molecule has 0 saturated carbocycles. The summed E-state index contributed by atoms with van der Waals surface area (Å²) in [6.45, 7) is 2.81. The molecule has 1 aromatic rings. The third-order valence-electron chi connectivity index (χ3n) is 4.20. The fourth-order valence-corrected chi connectivity index (χ4v) is 2.75. The number of hydrogen-bond donors (Lipinski definition) is 3. The van der Waals surface area contributed by atoms with E-state index in [0.717, 1.165) is 16.7 Å². The first kappa shape index (κ1) is 24.5. The highest BCUT2D eigenvalue weighted by atomic mass is 19.4. The number of aromatic nitrogens is 2. The summed E-state index contributed by atoms with van der Waals surface area (Å²) in [7, 11) is 0. The molecule has 13 heteroatoms. The lowest BCUT2D eigenvalue weighted by molar-refractivity contribution is -0.173. The minimum Gasteiger partial charge on any atom is -0.394 e. The zero-order chi connectivity index (χ0) is 23.0. The number of alkyl halides is 3. The second-order valence-corrected chi connectivity index (χ2v) is 6.39. The summed E-state index contributed by atoms with van der Waals surface area (Å²) in [5.41, 5.74) is -1.61. The molecule has 1 aliphatic heterocycles.